The zero-order valence-corrected chi connectivity index (χ0v) is 18.0. The van der Waals surface area contributed by atoms with Crippen molar-refractivity contribution in [1.29, 1.82) is 0 Å². The van der Waals surface area contributed by atoms with Crippen molar-refractivity contribution in [1.82, 2.24) is 5.01 Å². The quantitative estimate of drug-likeness (QED) is 0.416. The van der Waals surface area contributed by atoms with Gasteiger partial charge in [0, 0.05) is 12.5 Å². The molecule has 1 atom stereocenters. The fourth-order valence-corrected chi connectivity index (χ4v) is 3.45. The molecule has 2 aromatic carbocycles. The molecule has 2 heterocycles. The highest BCUT2D eigenvalue weighted by atomic mass is 16.5. The highest BCUT2D eigenvalue weighted by molar-refractivity contribution is 6.03. The zero-order chi connectivity index (χ0) is 22.5. The summed E-state index contributed by atoms with van der Waals surface area (Å²) in [6.45, 7) is 3.61. The number of carbonyl (C=O) groups is 2. The Morgan fingerprint density at radius 3 is 2.41 bits per heavy atom. The SMILES string of the molecule is Cc1ccc(/C=C/C(=O)OCC(=O)N2N=C(c3ccc(C)cc3)CC2c2ccco2)cc1. The van der Waals surface area contributed by atoms with Crippen LogP contribution in [0.2, 0.25) is 0 Å². The summed E-state index contributed by atoms with van der Waals surface area (Å²) in [7, 11) is 0. The van der Waals surface area contributed by atoms with Gasteiger partial charge in [-0.1, -0.05) is 59.7 Å². The number of carbonyl (C=O) groups excluding carboxylic acids is 2. The predicted molar refractivity (Wildman–Crippen MR) is 122 cm³/mol. The third-order valence-corrected chi connectivity index (χ3v) is 5.25. The van der Waals surface area contributed by atoms with Gasteiger partial charge in [0.2, 0.25) is 0 Å². The highest BCUT2D eigenvalue weighted by Crippen LogP contribution is 2.33. The van der Waals surface area contributed by atoms with Gasteiger partial charge in [-0.15, -0.1) is 0 Å². The number of amides is 1. The summed E-state index contributed by atoms with van der Waals surface area (Å²) in [5.74, 6) is -0.365. The number of nitrogens with zero attached hydrogens (tertiary/aromatic N) is 2. The van der Waals surface area contributed by atoms with Gasteiger partial charge in [0.25, 0.3) is 5.91 Å². The third kappa shape index (κ3) is 5.03. The number of ether oxygens (including phenoxy) is 1. The molecule has 0 saturated heterocycles. The molecule has 0 fully saturated rings. The second-order valence-corrected chi connectivity index (χ2v) is 7.74. The molecule has 1 amide bonds. The van der Waals surface area contributed by atoms with E-state index in [1.54, 1.807) is 18.4 Å². The van der Waals surface area contributed by atoms with Crippen LogP contribution in [-0.2, 0) is 14.3 Å². The van der Waals surface area contributed by atoms with Crippen molar-refractivity contribution in [3.63, 3.8) is 0 Å². The Labute approximate surface area is 186 Å². The van der Waals surface area contributed by atoms with E-state index in [2.05, 4.69) is 5.10 Å². The van der Waals surface area contributed by atoms with Crippen LogP contribution in [0.15, 0.2) is 82.5 Å². The number of hydrogen-bond donors (Lipinski definition) is 0. The molecule has 6 heteroatoms. The Kier molecular flexibility index (Phi) is 6.31. The minimum absolute atomic E-state index is 0.379. The lowest BCUT2D eigenvalue weighted by atomic mass is 10.0. The number of furan rings is 1. The van der Waals surface area contributed by atoms with Gasteiger partial charge < -0.3 is 9.15 Å². The lowest BCUT2D eigenvalue weighted by Crippen LogP contribution is -2.31. The van der Waals surface area contributed by atoms with Crippen LogP contribution < -0.4 is 0 Å². The second-order valence-electron chi connectivity index (χ2n) is 7.74. The van der Waals surface area contributed by atoms with Gasteiger partial charge in [-0.05, 0) is 43.2 Å². The smallest absolute Gasteiger partial charge is 0.331 e. The van der Waals surface area contributed by atoms with Gasteiger partial charge in [-0.3, -0.25) is 4.79 Å². The number of esters is 1. The van der Waals surface area contributed by atoms with E-state index in [1.807, 2.05) is 68.4 Å². The van der Waals surface area contributed by atoms with Crippen molar-refractivity contribution in [2.75, 3.05) is 6.61 Å². The molecule has 0 radical (unpaired) electrons. The maximum atomic E-state index is 12.9. The summed E-state index contributed by atoms with van der Waals surface area (Å²) in [6.07, 6.45) is 5.05. The summed E-state index contributed by atoms with van der Waals surface area (Å²) >= 11 is 0. The molecule has 162 valence electrons. The van der Waals surface area contributed by atoms with E-state index in [9.17, 15) is 9.59 Å². The Morgan fingerprint density at radius 2 is 1.75 bits per heavy atom. The largest absolute Gasteiger partial charge is 0.467 e. The first kappa shape index (κ1) is 21.3. The van der Waals surface area contributed by atoms with Gasteiger partial charge in [0.15, 0.2) is 6.61 Å². The Morgan fingerprint density at radius 1 is 1.06 bits per heavy atom. The van der Waals surface area contributed by atoms with Crippen molar-refractivity contribution in [3.8, 4) is 0 Å². The van der Waals surface area contributed by atoms with Gasteiger partial charge in [-0.25, -0.2) is 9.80 Å². The molecule has 6 nitrogen and oxygen atoms in total. The highest BCUT2D eigenvalue weighted by Gasteiger charge is 2.35. The van der Waals surface area contributed by atoms with E-state index < -0.39 is 18.5 Å². The number of benzene rings is 2. The summed E-state index contributed by atoms with van der Waals surface area (Å²) < 4.78 is 10.7. The van der Waals surface area contributed by atoms with E-state index in [-0.39, 0.29) is 6.04 Å². The minimum atomic E-state index is -0.588. The maximum Gasteiger partial charge on any atom is 0.331 e. The van der Waals surface area contributed by atoms with E-state index >= 15 is 0 Å². The zero-order valence-electron chi connectivity index (χ0n) is 18.0. The van der Waals surface area contributed by atoms with Crippen molar-refractivity contribution in [2.24, 2.45) is 5.10 Å². The van der Waals surface area contributed by atoms with Crippen molar-refractivity contribution in [3.05, 3.63) is 101 Å². The molecule has 0 bridgehead atoms. The van der Waals surface area contributed by atoms with E-state index in [0.717, 1.165) is 28.0 Å². The molecule has 3 aromatic rings. The van der Waals surface area contributed by atoms with E-state index in [4.69, 9.17) is 9.15 Å². The monoisotopic (exact) mass is 428 g/mol. The van der Waals surface area contributed by atoms with Crippen LogP contribution in [0.4, 0.5) is 0 Å². The maximum absolute atomic E-state index is 12.9. The van der Waals surface area contributed by atoms with Gasteiger partial charge in [0.1, 0.15) is 11.8 Å². The molecule has 0 N–H and O–H groups in total. The average molecular weight is 428 g/mol. The molecule has 1 aliphatic rings. The predicted octanol–water partition coefficient (Wildman–Crippen LogP) is 4.83. The molecule has 1 aromatic heterocycles. The molecule has 1 aliphatic heterocycles. The Balaban J connectivity index is 1.44. The standard InChI is InChI=1S/C26H24N2O4/c1-18-5-9-20(10-6-18)11-14-26(30)32-17-25(29)28-23(24-4-3-15-31-24)16-22(27-28)21-12-7-19(2)8-13-21/h3-15,23H,16-17H2,1-2H3/b14-11+. The lowest BCUT2D eigenvalue weighted by molar-refractivity contribution is -0.149. The van der Waals surface area contributed by atoms with Crippen molar-refractivity contribution < 1.29 is 18.7 Å². The Hall–Kier alpha value is -3.93. The van der Waals surface area contributed by atoms with Crippen LogP contribution in [0.1, 0.15) is 40.5 Å². The third-order valence-electron chi connectivity index (χ3n) is 5.25. The summed E-state index contributed by atoms with van der Waals surface area (Å²) in [5.41, 5.74) is 4.89. The summed E-state index contributed by atoms with van der Waals surface area (Å²) in [5, 5.41) is 5.89. The fraction of sp³-hybridized carbons (Fsp3) is 0.192. The number of aryl methyl sites for hydroxylation is 2. The number of hydrazone groups is 1. The molecule has 0 aliphatic carbocycles. The molecule has 1 unspecified atom stereocenters. The first-order chi connectivity index (χ1) is 15.5. The average Bonchev–Trinajstić information content (AvgIpc) is 3.47. The van der Waals surface area contributed by atoms with Crippen LogP contribution in [0, 0.1) is 13.8 Å². The van der Waals surface area contributed by atoms with Crippen molar-refractivity contribution >= 4 is 23.7 Å². The number of hydrogen-bond acceptors (Lipinski definition) is 5. The molecular formula is C26H24N2O4. The van der Waals surface area contributed by atoms with Crippen LogP contribution in [0.25, 0.3) is 6.08 Å². The second kappa shape index (κ2) is 9.47. The van der Waals surface area contributed by atoms with Gasteiger partial charge in [-0.2, -0.15) is 5.10 Å². The Bertz CT molecular complexity index is 1140. The summed E-state index contributed by atoms with van der Waals surface area (Å²) in [4.78, 5) is 25.0. The summed E-state index contributed by atoms with van der Waals surface area (Å²) in [6, 6.07) is 18.9. The van der Waals surface area contributed by atoms with Gasteiger partial charge in [0.05, 0.1) is 12.0 Å². The number of rotatable bonds is 6. The minimum Gasteiger partial charge on any atom is -0.467 e. The van der Waals surface area contributed by atoms with E-state index in [1.165, 1.54) is 11.1 Å². The lowest BCUT2D eigenvalue weighted by Gasteiger charge is -2.19. The molecule has 32 heavy (non-hydrogen) atoms. The van der Waals surface area contributed by atoms with Crippen molar-refractivity contribution in [2.45, 2.75) is 26.3 Å². The molecule has 0 spiro atoms. The van der Waals surface area contributed by atoms with Gasteiger partial charge >= 0.3 is 5.97 Å². The fourth-order valence-electron chi connectivity index (χ4n) is 3.45. The normalized spacial score (nSPS) is 15.8. The molecule has 4 rings (SSSR count). The van der Waals surface area contributed by atoms with Crippen LogP contribution >= 0.6 is 0 Å². The first-order valence-corrected chi connectivity index (χ1v) is 10.4. The van der Waals surface area contributed by atoms with E-state index in [0.29, 0.717) is 12.2 Å². The topological polar surface area (TPSA) is 72.1 Å². The van der Waals surface area contributed by atoms with Crippen LogP contribution in [-0.4, -0.2) is 29.2 Å². The first-order valence-electron chi connectivity index (χ1n) is 10.4. The molecule has 0 saturated carbocycles. The van der Waals surface area contributed by atoms with Crippen LogP contribution in [0.5, 0.6) is 0 Å². The molecular weight excluding hydrogens is 404 g/mol. The van der Waals surface area contributed by atoms with Crippen LogP contribution in [0.3, 0.4) is 0 Å².